The molecule has 1 aromatic heterocycles. The van der Waals surface area contributed by atoms with Gasteiger partial charge in [-0.2, -0.15) is 0 Å². The van der Waals surface area contributed by atoms with Gasteiger partial charge in [0.1, 0.15) is 5.82 Å². The van der Waals surface area contributed by atoms with Gasteiger partial charge in [-0.15, -0.1) is 0 Å². The molecule has 102 valence electrons. The van der Waals surface area contributed by atoms with Crippen molar-refractivity contribution in [3.8, 4) is 0 Å². The summed E-state index contributed by atoms with van der Waals surface area (Å²) in [5.41, 5.74) is 3.52. The minimum Gasteiger partial charge on any atom is -0.338 e. The number of nitrogens with zero attached hydrogens (tertiary/aromatic N) is 2. The predicted molar refractivity (Wildman–Crippen MR) is 73.8 cm³/mol. The normalized spacial score (nSPS) is 22.0. The first-order valence-electron chi connectivity index (χ1n) is 6.94. The molecule has 1 aliphatic carbocycles. The molecule has 4 nitrogen and oxygen atoms in total. The number of aryl methyl sites for hydroxylation is 1. The van der Waals surface area contributed by atoms with E-state index in [1.54, 1.807) is 0 Å². The molecular formula is C14H26N4. The zero-order valence-electron chi connectivity index (χ0n) is 11.8. The largest absolute Gasteiger partial charge is 0.338 e. The van der Waals surface area contributed by atoms with Gasteiger partial charge in [-0.25, -0.2) is 4.98 Å². The van der Waals surface area contributed by atoms with Gasteiger partial charge in [0.25, 0.3) is 0 Å². The van der Waals surface area contributed by atoms with E-state index in [1.165, 1.54) is 25.7 Å². The molecule has 0 bridgehead atoms. The molecule has 1 saturated carbocycles. The van der Waals surface area contributed by atoms with Gasteiger partial charge in [0, 0.05) is 31.9 Å². The topological polar surface area (TPSA) is 55.9 Å². The Morgan fingerprint density at radius 1 is 1.50 bits per heavy atom. The maximum atomic E-state index is 5.75. The first-order chi connectivity index (χ1) is 8.52. The van der Waals surface area contributed by atoms with E-state index in [-0.39, 0.29) is 0 Å². The summed E-state index contributed by atoms with van der Waals surface area (Å²) < 4.78 is 2.08. The third-order valence-electron chi connectivity index (χ3n) is 4.49. The minimum absolute atomic E-state index is 0.349. The molecule has 1 atom stereocenters. The van der Waals surface area contributed by atoms with E-state index in [0.29, 0.717) is 17.4 Å². The van der Waals surface area contributed by atoms with Crippen molar-refractivity contribution in [2.24, 2.45) is 24.2 Å². The van der Waals surface area contributed by atoms with Gasteiger partial charge in [0.15, 0.2) is 0 Å². The molecule has 0 spiro atoms. The number of aromatic nitrogens is 2. The second-order valence-corrected chi connectivity index (χ2v) is 6.43. The number of nitrogens with one attached hydrogen (secondary N) is 1. The Labute approximate surface area is 110 Å². The number of hydrogen-bond acceptors (Lipinski definition) is 3. The van der Waals surface area contributed by atoms with Crippen LogP contribution in [0.1, 0.15) is 45.4 Å². The average molecular weight is 250 g/mol. The third-order valence-corrected chi connectivity index (χ3v) is 4.49. The lowest BCUT2D eigenvalue weighted by Crippen LogP contribution is -2.44. The lowest BCUT2D eigenvalue weighted by atomic mass is 9.71. The van der Waals surface area contributed by atoms with Crippen molar-refractivity contribution >= 4 is 0 Å². The maximum absolute atomic E-state index is 5.75. The molecule has 4 heteroatoms. The van der Waals surface area contributed by atoms with Crippen molar-refractivity contribution in [2.45, 2.75) is 52.0 Å². The van der Waals surface area contributed by atoms with Crippen LogP contribution in [0.15, 0.2) is 12.4 Å². The fraction of sp³-hybridized carbons (Fsp3) is 0.786. The van der Waals surface area contributed by atoms with Crippen molar-refractivity contribution in [3.63, 3.8) is 0 Å². The molecule has 1 fully saturated rings. The van der Waals surface area contributed by atoms with E-state index in [9.17, 15) is 0 Å². The summed E-state index contributed by atoms with van der Waals surface area (Å²) in [6.07, 6.45) is 9.91. The summed E-state index contributed by atoms with van der Waals surface area (Å²) in [5.74, 6) is 7.54. The van der Waals surface area contributed by atoms with Gasteiger partial charge in [-0.05, 0) is 37.0 Å². The van der Waals surface area contributed by atoms with Crippen LogP contribution in [0.2, 0.25) is 0 Å². The molecule has 18 heavy (non-hydrogen) atoms. The van der Waals surface area contributed by atoms with Gasteiger partial charge < -0.3 is 4.57 Å². The van der Waals surface area contributed by atoms with Crippen molar-refractivity contribution in [1.29, 1.82) is 0 Å². The van der Waals surface area contributed by atoms with Gasteiger partial charge >= 0.3 is 0 Å². The van der Waals surface area contributed by atoms with Gasteiger partial charge in [-0.3, -0.25) is 11.3 Å². The molecule has 2 rings (SSSR count). The van der Waals surface area contributed by atoms with Crippen LogP contribution < -0.4 is 11.3 Å². The fourth-order valence-corrected chi connectivity index (χ4v) is 2.98. The highest BCUT2D eigenvalue weighted by Gasteiger charge is 2.31. The van der Waals surface area contributed by atoms with Crippen LogP contribution in [-0.2, 0) is 13.5 Å². The second kappa shape index (κ2) is 5.41. The lowest BCUT2D eigenvalue weighted by Gasteiger charge is -2.37. The summed E-state index contributed by atoms with van der Waals surface area (Å²) >= 11 is 0. The van der Waals surface area contributed by atoms with E-state index in [4.69, 9.17) is 5.84 Å². The van der Waals surface area contributed by atoms with Crippen LogP contribution in [0.4, 0.5) is 0 Å². The second-order valence-electron chi connectivity index (χ2n) is 6.43. The van der Waals surface area contributed by atoms with Crippen molar-refractivity contribution in [3.05, 3.63) is 18.2 Å². The Morgan fingerprint density at radius 3 is 2.67 bits per heavy atom. The van der Waals surface area contributed by atoms with Crippen LogP contribution in [-0.4, -0.2) is 15.6 Å². The third kappa shape index (κ3) is 3.12. The van der Waals surface area contributed by atoms with Crippen molar-refractivity contribution in [2.75, 3.05) is 0 Å². The molecule has 0 saturated heterocycles. The van der Waals surface area contributed by atoms with Crippen LogP contribution in [0.5, 0.6) is 0 Å². The highest BCUT2D eigenvalue weighted by Crippen LogP contribution is 2.39. The Morgan fingerprint density at radius 2 is 2.17 bits per heavy atom. The molecule has 1 aliphatic rings. The summed E-state index contributed by atoms with van der Waals surface area (Å²) in [6, 6.07) is 0.349. The van der Waals surface area contributed by atoms with E-state index in [2.05, 4.69) is 28.8 Å². The van der Waals surface area contributed by atoms with Gasteiger partial charge in [0.2, 0.25) is 0 Å². The number of rotatable bonds is 4. The summed E-state index contributed by atoms with van der Waals surface area (Å²) in [6.45, 7) is 4.74. The summed E-state index contributed by atoms with van der Waals surface area (Å²) in [4.78, 5) is 4.39. The highest BCUT2D eigenvalue weighted by atomic mass is 15.2. The average Bonchev–Trinajstić information content (AvgIpc) is 2.72. The first kappa shape index (κ1) is 13.6. The highest BCUT2D eigenvalue weighted by molar-refractivity contribution is 4.96. The molecule has 0 amide bonds. The molecule has 0 aromatic carbocycles. The minimum atomic E-state index is 0.349. The Hall–Kier alpha value is -0.870. The first-order valence-corrected chi connectivity index (χ1v) is 6.94. The molecule has 1 unspecified atom stereocenters. The number of hydrazine groups is 1. The van der Waals surface area contributed by atoms with E-state index in [0.717, 1.165) is 12.2 Å². The Balaban J connectivity index is 1.96. The van der Waals surface area contributed by atoms with Gasteiger partial charge in [-0.1, -0.05) is 13.8 Å². The van der Waals surface area contributed by atoms with Crippen LogP contribution >= 0.6 is 0 Å². The monoisotopic (exact) mass is 250 g/mol. The van der Waals surface area contributed by atoms with Crippen LogP contribution in [0.3, 0.4) is 0 Å². The fourth-order valence-electron chi connectivity index (χ4n) is 2.98. The molecular weight excluding hydrogens is 224 g/mol. The van der Waals surface area contributed by atoms with Crippen LogP contribution in [0, 0.1) is 11.3 Å². The van der Waals surface area contributed by atoms with E-state index >= 15 is 0 Å². The van der Waals surface area contributed by atoms with E-state index in [1.807, 2.05) is 19.4 Å². The summed E-state index contributed by atoms with van der Waals surface area (Å²) in [7, 11) is 2.04. The number of imidazole rings is 1. The Bertz CT molecular complexity index is 373. The molecule has 1 heterocycles. The SMILES string of the molecule is Cn1ccnc1CC(NN)C1CCC(C)(C)CC1. The lowest BCUT2D eigenvalue weighted by molar-refractivity contribution is 0.160. The standard InChI is InChI=1S/C14H26N4/c1-14(2)6-4-11(5-7-14)12(17-15)10-13-16-8-9-18(13)3/h8-9,11-12,17H,4-7,10,15H2,1-3H3. The van der Waals surface area contributed by atoms with Crippen molar-refractivity contribution in [1.82, 2.24) is 15.0 Å². The molecule has 0 radical (unpaired) electrons. The smallest absolute Gasteiger partial charge is 0.109 e. The molecule has 0 aliphatic heterocycles. The van der Waals surface area contributed by atoms with Gasteiger partial charge in [0.05, 0.1) is 0 Å². The zero-order chi connectivity index (χ0) is 13.2. The number of nitrogens with two attached hydrogens (primary N) is 1. The van der Waals surface area contributed by atoms with Crippen molar-refractivity contribution < 1.29 is 0 Å². The summed E-state index contributed by atoms with van der Waals surface area (Å²) in [5, 5.41) is 0. The molecule has 1 aromatic rings. The van der Waals surface area contributed by atoms with Crippen LogP contribution in [0.25, 0.3) is 0 Å². The quantitative estimate of drug-likeness (QED) is 0.635. The number of hydrogen-bond donors (Lipinski definition) is 2. The Kier molecular flexibility index (Phi) is 4.07. The predicted octanol–water partition coefficient (Wildman–Crippen LogP) is 2.01. The maximum Gasteiger partial charge on any atom is 0.109 e. The van der Waals surface area contributed by atoms with E-state index < -0.39 is 0 Å². The molecule has 3 N–H and O–H groups in total. The zero-order valence-corrected chi connectivity index (χ0v) is 11.8.